The molecule has 3 rings (SSSR count). The summed E-state index contributed by atoms with van der Waals surface area (Å²) in [6.07, 6.45) is 7.45. The third kappa shape index (κ3) is 2.23. The summed E-state index contributed by atoms with van der Waals surface area (Å²) in [4.78, 5) is 4.33. The number of hydrogen-bond acceptors (Lipinski definition) is 3. The number of nitrogens with zero attached hydrogens (tertiary/aromatic N) is 3. The molecule has 0 unspecified atom stereocenters. The first kappa shape index (κ1) is 11.2. The fourth-order valence-corrected chi connectivity index (χ4v) is 2.84. The topological polar surface area (TPSA) is 42.7 Å². The van der Waals surface area contributed by atoms with E-state index in [0.717, 1.165) is 18.3 Å². The zero-order valence-electron chi connectivity index (χ0n) is 10.8. The van der Waals surface area contributed by atoms with Crippen LogP contribution in [0.5, 0.6) is 0 Å². The highest BCUT2D eigenvalue weighted by Crippen LogP contribution is 2.60. The largest absolute Gasteiger partial charge is 0.309 e. The molecule has 1 N–H and O–H groups in total. The number of rotatable bonds is 6. The van der Waals surface area contributed by atoms with Crippen LogP contribution in [-0.4, -0.2) is 21.3 Å². The Hall–Kier alpha value is -0.900. The molecule has 0 radical (unpaired) electrons. The van der Waals surface area contributed by atoms with E-state index < -0.39 is 0 Å². The maximum atomic E-state index is 4.33. The smallest absolute Gasteiger partial charge is 0.141 e. The van der Waals surface area contributed by atoms with Crippen LogP contribution in [0.3, 0.4) is 0 Å². The highest BCUT2D eigenvalue weighted by Gasteiger charge is 2.53. The second-order valence-corrected chi connectivity index (χ2v) is 5.95. The van der Waals surface area contributed by atoms with Crippen molar-refractivity contribution < 1.29 is 0 Å². The first-order valence-corrected chi connectivity index (χ1v) is 6.80. The Morgan fingerprint density at radius 1 is 1.47 bits per heavy atom. The summed E-state index contributed by atoms with van der Waals surface area (Å²) in [5.74, 6) is 2.09. The normalized spacial score (nSPS) is 22.1. The molecule has 1 heterocycles. The van der Waals surface area contributed by atoms with Gasteiger partial charge in [-0.05, 0) is 50.9 Å². The van der Waals surface area contributed by atoms with E-state index in [1.807, 2.05) is 4.68 Å². The summed E-state index contributed by atoms with van der Waals surface area (Å²) >= 11 is 0. The summed E-state index contributed by atoms with van der Waals surface area (Å²) in [6, 6.07) is 0.396. The lowest BCUT2D eigenvalue weighted by Crippen LogP contribution is -2.26. The summed E-state index contributed by atoms with van der Waals surface area (Å²) in [5.41, 5.74) is 0.669. The summed E-state index contributed by atoms with van der Waals surface area (Å²) < 4.78 is 2.00. The number of nitrogens with one attached hydrogen (secondary N) is 1. The van der Waals surface area contributed by atoms with Gasteiger partial charge in [0.05, 0.1) is 6.54 Å². The van der Waals surface area contributed by atoms with E-state index in [0.29, 0.717) is 11.5 Å². The van der Waals surface area contributed by atoms with Gasteiger partial charge in [-0.15, -0.1) is 0 Å². The SMILES string of the molecule is CC(C)n1ncnc1CNCC1(C2CC2)CC1. The average Bonchev–Trinajstić information content (AvgIpc) is 3.17. The van der Waals surface area contributed by atoms with Gasteiger partial charge in [0.2, 0.25) is 0 Å². The molecule has 4 heteroatoms. The third-order valence-electron chi connectivity index (χ3n) is 4.23. The van der Waals surface area contributed by atoms with Gasteiger partial charge in [0.15, 0.2) is 0 Å². The fourth-order valence-electron chi connectivity index (χ4n) is 2.84. The molecule has 0 saturated heterocycles. The van der Waals surface area contributed by atoms with Crippen LogP contribution in [0, 0.1) is 11.3 Å². The van der Waals surface area contributed by atoms with Crippen LogP contribution in [0.15, 0.2) is 6.33 Å². The molecule has 2 aliphatic rings. The van der Waals surface area contributed by atoms with E-state index in [-0.39, 0.29) is 0 Å². The number of hydrogen-bond donors (Lipinski definition) is 1. The average molecular weight is 234 g/mol. The molecule has 2 aliphatic carbocycles. The first-order chi connectivity index (χ1) is 8.21. The van der Waals surface area contributed by atoms with E-state index in [4.69, 9.17) is 0 Å². The molecular weight excluding hydrogens is 212 g/mol. The van der Waals surface area contributed by atoms with Gasteiger partial charge in [-0.3, -0.25) is 0 Å². The summed E-state index contributed by atoms with van der Waals surface area (Å²) in [7, 11) is 0. The van der Waals surface area contributed by atoms with Crippen molar-refractivity contribution in [3.8, 4) is 0 Å². The molecule has 1 aromatic rings. The molecule has 2 saturated carbocycles. The van der Waals surface area contributed by atoms with Crippen molar-refractivity contribution in [2.24, 2.45) is 11.3 Å². The van der Waals surface area contributed by atoms with E-state index in [1.54, 1.807) is 6.33 Å². The zero-order valence-corrected chi connectivity index (χ0v) is 10.8. The molecule has 94 valence electrons. The van der Waals surface area contributed by atoms with Crippen LogP contribution in [0.25, 0.3) is 0 Å². The minimum atomic E-state index is 0.396. The van der Waals surface area contributed by atoms with Gasteiger partial charge in [0, 0.05) is 12.6 Å². The van der Waals surface area contributed by atoms with Crippen LogP contribution in [0.1, 0.15) is 51.4 Å². The standard InChI is InChI=1S/C13H22N4/c1-10(2)17-12(15-9-16-17)7-14-8-13(5-6-13)11-3-4-11/h9-11,14H,3-8H2,1-2H3. The van der Waals surface area contributed by atoms with E-state index in [1.165, 1.54) is 32.2 Å². The quantitative estimate of drug-likeness (QED) is 0.820. The Morgan fingerprint density at radius 2 is 2.24 bits per heavy atom. The van der Waals surface area contributed by atoms with Crippen LogP contribution < -0.4 is 5.32 Å². The van der Waals surface area contributed by atoms with Crippen molar-refractivity contribution in [3.05, 3.63) is 12.2 Å². The molecule has 1 aromatic heterocycles. The van der Waals surface area contributed by atoms with Gasteiger partial charge >= 0.3 is 0 Å². The van der Waals surface area contributed by atoms with E-state index >= 15 is 0 Å². The van der Waals surface area contributed by atoms with Crippen molar-refractivity contribution in [2.45, 2.75) is 52.1 Å². The molecule has 4 nitrogen and oxygen atoms in total. The van der Waals surface area contributed by atoms with E-state index in [9.17, 15) is 0 Å². The molecule has 0 aliphatic heterocycles. The summed E-state index contributed by atoms with van der Waals surface area (Å²) in [6.45, 7) is 6.31. The maximum Gasteiger partial charge on any atom is 0.141 e. The van der Waals surface area contributed by atoms with Crippen molar-refractivity contribution >= 4 is 0 Å². The van der Waals surface area contributed by atoms with Gasteiger partial charge in [-0.25, -0.2) is 9.67 Å². The van der Waals surface area contributed by atoms with E-state index in [2.05, 4.69) is 29.2 Å². The Bertz CT molecular complexity index is 388. The third-order valence-corrected chi connectivity index (χ3v) is 4.23. The molecule has 0 bridgehead atoms. The zero-order chi connectivity index (χ0) is 11.9. The fraction of sp³-hybridized carbons (Fsp3) is 0.846. The molecular formula is C13H22N4. The lowest BCUT2D eigenvalue weighted by atomic mass is 10.0. The lowest BCUT2D eigenvalue weighted by molar-refractivity contribution is 0.393. The van der Waals surface area contributed by atoms with Crippen LogP contribution in [0.2, 0.25) is 0 Å². The predicted octanol–water partition coefficient (Wildman–Crippen LogP) is 2.14. The Kier molecular flexibility index (Phi) is 2.69. The van der Waals surface area contributed by atoms with Gasteiger partial charge in [0.25, 0.3) is 0 Å². The van der Waals surface area contributed by atoms with Crippen LogP contribution in [-0.2, 0) is 6.54 Å². The minimum Gasteiger partial charge on any atom is -0.309 e. The Balaban J connectivity index is 1.52. The Labute approximate surface area is 103 Å². The second-order valence-electron chi connectivity index (χ2n) is 5.95. The predicted molar refractivity (Wildman–Crippen MR) is 66.5 cm³/mol. The lowest BCUT2D eigenvalue weighted by Gasteiger charge is -2.15. The highest BCUT2D eigenvalue weighted by molar-refractivity contribution is 5.05. The van der Waals surface area contributed by atoms with Crippen LogP contribution >= 0.6 is 0 Å². The van der Waals surface area contributed by atoms with Crippen molar-refractivity contribution in [1.82, 2.24) is 20.1 Å². The molecule has 0 spiro atoms. The first-order valence-electron chi connectivity index (χ1n) is 6.80. The minimum absolute atomic E-state index is 0.396. The Morgan fingerprint density at radius 3 is 2.82 bits per heavy atom. The molecule has 0 aromatic carbocycles. The number of aromatic nitrogens is 3. The molecule has 0 amide bonds. The second kappa shape index (κ2) is 4.09. The monoisotopic (exact) mass is 234 g/mol. The highest BCUT2D eigenvalue weighted by atomic mass is 15.4. The van der Waals surface area contributed by atoms with Crippen molar-refractivity contribution in [3.63, 3.8) is 0 Å². The molecule has 17 heavy (non-hydrogen) atoms. The van der Waals surface area contributed by atoms with Crippen molar-refractivity contribution in [2.75, 3.05) is 6.54 Å². The molecule has 2 fully saturated rings. The maximum absolute atomic E-state index is 4.33. The van der Waals surface area contributed by atoms with Gasteiger partial charge in [-0.1, -0.05) is 0 Å². The molecule has 0 atom stereocenters. The van der Waals surface area contributed by atoms with Gasteiger partial charge < -0.3 is 5.32 Å². The van der Waals surface area contributed by atoms with Gasteiger partial charge in [0.1, 0.15) is 12.2 Å². The van der Waals surface area contributed by atoms with Crippen molar-refractivity contribution in [1.29, 1.82) is 0 Å². The summed E-state index contributed by atoms with van der Waals surface area (Å²) in [5, 5.41) is 7.84. The van der Waals surface area contributed by atoms with Crippen LogP contribution in [0.4, 0.5) is 0 Å². The van der Waals surface area contributed by atoms with Gasteiger partial charge in [-0.2, -0.15) is 5.10 Å².